The van der Waals surface area contributed by atoms with Crippen molar-refractivity contribution < 1.29 is 13.2 Å². The van der Waals surface area contributed by atoms with E-state index in [1.807, 2.05) is 0 Å². The number of nitrogens with one attached hydrogen (secondary N) is 2. The molecule has 0 aromatic rings. The van der Waals surface area contributed by atoms with Crippen LogP contribution in [0, 0.1) is 5.92 Å². The summed E-state index contributed by atoms with van der Waals surface area (Å²) in [4.78, 5) is 12.0. The first kappa shape index (κ1) is 14.8. The van der Waals surface area contributed by atoms with Crippen LogP contribution < -0.4 is 10.6 Å². The lowest BCUT2D eigenvalue weighted by Crippen LogP contribution is -2.49. The van der Waals surface area contributed by atoms with E-state index in [2.05, 4.69) is 10.6 Å². The maximum absolute atomic E-state index is 12.1. The number of rotatable bonds is 5. The molecule has 2 N–H and O–H groups in total. The van der Waals surface area contributed by atoms with E-state index in [0.717, 1.165) is 38.8 Å². The molecule has 0 spiro atoms. The van der Waals surface area contributed by atoms with E-state index < -0.39 is 15.1 Å². The number of hydrogen-bond acceptors (Lipinski definition) is 4. The monoisotopic (exact) mass is 288 g/mol. The Bertz CT molecular complexity index is 412. The zero-order chi connectivity index (χ0) is 13.9. The van der Waals surface area contributed by atoms with Gasteiger partial charge in [-0.2, -0.15) is 0 Å². The average Bonchev–Trinajstić information content (AvgIpc) is 2.34. The van der Waals surface area contributed by atoms with Gasteiger partial charge in [-0.3, -0.25) is 4.79 Å². The number of carbonyl (C=O) groups excluding carboxylic acids is 1. The molecule has 19 heavy (non-hydrogen) atoms. The molecule has 0 aromatic carbocycles. The Morgan fingerprint density at radius 3 is 2.42 bits per heavy atom. The molecule has 1 amide bonds. The maximum Gasteiger partial charge on any atom is 0.238 e. The lowest BCUT2D eigenvalue weighted by molar-refractivity contribution is -0.121. The van der Waals surface area contributed by atoms with Crippen LogP contribution in [-0.2, 0) is 14.6 Å². The summed E-state index contributed by atoms with van der Waals surface area (Å²) in [5.74, 6) is -0.0201. The molecule has 0 aromatic heterocycles. The second-order valence-corrected chi connectivity index (χ2v) is 8.21. The molecule has 1 heterocycles. The Kier molecular flexibility index (Phi) is 4.84. The lowest BCUT2D eigenvalue weighted by atomic mass is 9.95. The summed E-state index contributed by atoms with van der Waals surface area (Å²) in [5.41, 5.74) is 0. The van der Waals surface area contributed by atoms with Crippen LogP contribution in [0.1, 0.15) is 39.0 Å². The van der Waals surface area contributed by atoms with Gasteiger partial charge in [0.25, 0.3) is 0 Å². The van der Waals surface area contributed by atoms with Crippen LogP contribution in [0.3, 0.4) is 0 Å². The summed E-state index contributed by atoms with van der Waals surface area (Å²) < 4.78 is 24.3. The number of hydrogen-bond donors (Lipinski definition) is 2. The second kappa shape index (κ2) is 6.22. The minimum atomic E-state index is -3.32. The third-order valence-electron chi connectivity index (χ3n) is 4.19. The molecular weight excluding hydrogens is 264 g/mol. The van der Waals surface area contributed by atoms with E-state index in [0.29, 0.717) is 0 Å². The highest BCUT2D eigenvalue weighted by molar-refractivity contribution is 7.92. The smallest absolute Gasteiger partial charge is 0.238 e. The molecule has 1 aliphatic carbocycles. The van der Waals surface area contributed by atoms with Gasteiger partial charge in [-0.25, -0.2) is 8.42 Å². The summed E-state index contributed by atoms with van der Waals surface area (Å²) >= 11 is 0. The van der Waals surface area contributed by atoms with Crippen molar-refractivity contribution in [3.8, 4) is 0 Å². The van der Waals surface area contributed by atoms with Gasteiger partial charge in [-0.1, -0.05) is 19.3 Å². The Morgan fingerprint density at radius 2 is 1.89 bits per heavy atom. The molecule has 1 atom stereocenters. The van der Waals surface area contributed by atoms with Crippen molar-refractivity contribution in [3.63, 3.8) is 0 Å². The van der Waals surface area contributed by atoms with Crippen LogP contribution >= 0.6 is 0 Å². The van der Waals surface area contributed by atoms with Gasteiger partial charge in [0, 0.05) is 19.1 Å². The zero-order valence-electron chi connectivity index (χ0n) is 11.5. The standard InChI is InChI=1S/C13H24N2O3S/c1-10(19(17,18)9-11-7-14-8-11)13(16)15-12-5-3-2-4-6-12/h10-12,14H,2-9H2,1H3,(H,15,16). The number of sulfone groups is 1. The van der Waals surface area contributed by atoms with Gasteiger partial charge >= 0.3 is 0 Å². The van der Waals surface area contributed by atoms with E-state index in [1.54, 1.807) is 0 Å². The van der Waals surface area contributed by atoms with Gasteiger partial charge in [0.1, 0.15) is 5.25 Å². The first-order chi connectivity index (χ1) is 8.99. The summed E-state index contributed by atoms with van der Waals surface area (Å²) in [6.07, 6.45) is 5.42. The Morgan fingerprint density at radius 1 is 1.26 bits per heavy atom. The molecule has 110 valence electrons. The Hall–Kier alpha value is -0.620. The predicted octanol–water partition coefficient (Wildman–Crippen LogP) is 0.458. The zero-order valence-corrected chi connectivity index (χ0v) is 12.3. The highest BCUT2D eigenvalue weighted by Gasteiger charge is 2.33. The van der Waals surface area contributed by atoms with Crippen LogP contribution in [0.4, 0.5) is 0 Å². The van der Waals surface area contributed by atoms with Gasteiger partial charge in [-0.15, -0.1) is 0 Å². The first-order valence-electron chi connectivity index (χ1n) is 7.21. The molecule has 1 saturated heterocycles. The molecule has 0 radical (unpaired) electrons. The van der Waals surface area contributed by atoms with Crippen molar-refractivity contribution in [1.29, 1.82) is 0 Å². The van der Waals surface area contributed by atoms with E-state index in [4.69, 9.17) is 0 Å². The second-order valence-electron chi connectivity index (χ2n) is 5.84. The fourth-order valence-electron chi connectivity index (χ4n) is 2.67. The lowest BCUT2D eigenvalue weighted by Gasteiger charge is -2.28. The van der Waals surface area contributed by atoms with Crippen molar-refractivity contribution in [2.75, 3.05) is 18.8 Å². The fourth-order valence-corrected chi connectivity index (χ4v) is 4.24. The van der Waals surface area contributed by atoms with Crippen molar-refractivity contribution in [2.45, 2.75) is 50.3 Å². The summed E-state index contributed by atoms with van der Waals surface area (Å²) in [6, 6.07) is 0.171. The van der Waals surface area contributed by atoms with Crippen LogP contribution in [-0.4, -0.2) is 44.5 Å². The summed E-state index contributed by atoms with van der Waals surface area (Å²) in [7, 11) is -3.32. The quantitative estimate of drug-likeness (QED) is 0.770. The van der Waals surface area contributed by atoms with Crippen LogP contribution in [0.25, 0.3) is 0 Å². The van der Waals surface area contributed by atoms with E-state index >= 15 is 0 Å². The molecule has 5 nitrogen and oxygen atoms in total. The van der Waals surface area contributed by atoms with Crippen LogP contribution in [0.2, 0.25) is 0 Å². The van der Waals surface area contributed by atoms with Crippen LogP contribution in [0.15, 0.2) is 0 Å². The first-order valence-corrected chi connectivity index (χ1v) is 8.93. The van der Waals surface area contributed by atoms with Crippen molar-refractivity contribution in [1.82, 2.24) is 10.6 Å². The van der Waals surface area contributed by atoms with Gasteiger partial charge in [-0.05, 0) is 25.7 Å². The molecule has 2 rings (SSSR count). The third-order valence-corrected chi connectivity index (χ3v) is 6.42. The SMILES string of the molecule is CC(C(=O)NC1CCCCC1)S(=O)(=O)CC1CNC1. The fraction of sp³-hybridized carbons (Fsp3) is 0.923. The van der Waals surface area contributed by atoms with E-state index in [9.17, 15) is 13.2 Å². The largest absolute Gasteiger partial charge is 0.352 e. The highest BCUT2D eigenvalue weighted by Crippen LogP contribution is 2.18. The minimum Gasteiger partial charge on any atom is -0.352 e. The van der Waals surface area contributed by atoms with Crippen molar-refractivity contribution in [3.05, 3.63) is 0 Å². The molecule has 6 heteroatoms. The normalized spacial score (nSPS) is 23.6. The molecule has 1 saturated carbocycles. The third kappa shape index (κ3) is 3.92. The predicted molar refractivity (Wildman–Crippen MR) is 74.6 cm³/mol. The van der Waals surface area contributed by atoms with Crippen molar-refractivity contribution >= 4 is 15.7 Å². The molecule has 2 fully saturated rings. The summed E-state index contributed by atoms with van der Waals surface area (Å²) in [6.45, 7) is 3.01. The Labute approximate surface area is 115 Å². The van der Waals surface area contributed by atoms with Gasteiger partial charge in [0.05, 0.1) is 5.75 Å². The summed E-state index contributed by atoms with van der Waals surface area (Å²) in [5, 5.41) is 5.03. The topological polar surface area (TPSA) is 75.3 Å². The minimum absolute atomic E-state index is 0.124. The molecule has 1 aliphatic heterocycles. The number of amides is 1. The molecular formula is C13H24N2O3S. The van der Waals surface area contributed by atoms with E-state index in [1.165, 1.54) is 13.3 Å². The van der Waals surface area contributed by atoms with Crippen molar-refractivity contribution in [2.24, 2.45) is 5.92 Å². The number of carbonyl (C=O) groups is 1. The molecule has 2 aliphatic rings. The van der Waals surface area contributed by atoms with Crippen LogP contribution in [0.5, 0.6) is 0 Å². The van der Waals surface area contributed by atoms with Gasteiger partial charge in [0.15, 0.2) is 9.84 Å². The van der Waals surface area contributed by atoms with Gasteiger partial charge < -0.3 is 10.6 Å². The molecule has 0 bridgehead atoms. The maximum atomic E-state index is 12.1. The Balaban J connectivity index is 1.85. The molecule has 1 unspecified atom stereocenters. The van der Waals surface area contributed by atoms with E-state index in [-0.39, 0.29) is 23.6 Å². The highest BCUT2D eigenvalue weighted by atomic mass is 32.2. The average molecular weight is 288 g/mol. The van der Waals surface area contributed by atoms with Gasteiger partial charge in [0.2, 0.25) is 5.91 Å².